The number of hydrogen-bond donors (Lipinski definition) is 0. The molecule has 0 saturated carbocycles. The monoisotopic (exact) mass is 303 g/mol. The minimum absolute atomic E-state index is 0.782. The Bertz CT molecular complexity index is 470. The topological polar surface area (TPSA) is 35.5 Å². The van der Waals surface area contributed by atoms with Gasteiger partial charge in [-0.3, -0.25) is 0 Å². The fourth-order valence-electron chi connectivity index (χ4n) is 3.68. The van der Waals surface area contributed by atoms with Crippen molar-refractivity contribution in [3.05, 3.63) is 12.4 Å². The lowest BCUT2D eigenvalue weighted by atomic mass is 9.96. The highest BCUT2D eigenvalue weighted by atomic mass is 15.2. The third-order valence-electron chi connectivity index (χ3n) is 4.90. The zero-order valence-corrected chi connectivity index (χ0v) is 14.0. The van der Waals surface area contributed by atoms with Gasteiger partial charge in [-0.1, -0.05) is 6.42 Å². The van der Waals surface area contributed by atoms with Gasteiger partial charge in [-0.05, 0) is 44.7 Å². The standard InChI is InChI=1S/C17H29N5/c1-20(2)16-11-17(19-14-18-16)22-10-6-7-15(13-22)12-21-8-4-3-5-9-21/h11,14-15H,3-10,12-13H2,1-2H3. The number of likely N-dealkylation sites (tertiary alicyclic amines) is 1. The van der Waals surface area contributed by atoms with Crippen molar-refractivity contribution in [3.63, 3.8) is 0 Å². The minimum atomic E-state index is 0.782. The lowest BCUT2D eigenvalue weighted by Gasteiger charge is -2.37. The molecule has 1 atom stereocenters. The molecule has 2 aliphatic rings. The molecule has 2 saturated heterocycles. The normalized spacial score (nSPS) is 23.5. The van der Waals surface area contributed by atoms with Crippen LogP contribution in [-0.2, 0) is 0 Å². The molecular weight excluding hydrogens is 274 g/mol. The summed E-state index contributed by atoms with van der Waals surface area (Å²) in [6.45, 7) is 6.13. The van der Waals surface area contributed by atoms with Gasteiger partial charge in [0.2, 0.25) is 0 Å². The molecule has 2 aliphatic heterocycles. The van der Waals surface area contributed by atoms with Crippen molar-refractivity contribution in [3.8, 4) is 0 Å². The maximum absolute atomic E-state index is 4.50. The molecule has 3 heterocycles. The number of nitrogens with zero attached hydrogens (tertiary/aromatic N) is 5. The first-order valence-corrected chi connectivity index (χ1v) is 8.69. The summed E-state index contributed by atoms with van der Waals surface area (Å²) < 4.78 is 0. The lowest BCUT2D eigenvalue weighted by molar-refractivity contribution is 0.185. The van der Waals surface area contributed by atoms with E-state index in [4.69, 9.17) is 0 Å². The lowest BCUT2D eigenvalue weighted by Crippen LogP contribution is -2.42. The summed E-state index contributed by atoms with van der Waals surface area (Å²) in [6, 6.07) is 2.11. The first-order valence-electron chi connectivity index (χ1n) is 8.69. The molecule has 5 heteroatoms. The summed E-state index contributed by atoms with van der Waals surface area (Å²) in [5, 5.41) is 0. The highest BCUT2D eigenvalue weighted by Gasteiger charge is 2.24. The summed E-state index contributed by atoms with van der Waals surface area (Å²) in [7, 11) is 4.06. The second kappa shape index (κ2) is 7.27. The fourth-order valence-corrected chi connectivity index (χ4v) is 3.68. The molecule has 0 aliphatic carbocycles. The Balaban J connectivity index is 1.61. The number of rotatable bonds is 4. The molecule has 0 radical (unpaired) electrons. The van der Waals surface area contributed by atoms with Gasteiger partial charge in [-0.25, -0.2) is 9.97 Å². The van der Waals surface area contributed by atoms with Crippen LogP contribution in [-0.4, -0.2) is 61.7 Å². The molecule has 3 rings (SSSR count). The predicted octanol–water partition coefficient (Wildman–Crippen LogP) is 2.24. The van der Waals surface area contributed by atoms with Gasteiger partial charge in [0.25, 0.3) is 0 Å². The first kappa shape index (κ1) is 15.5. The molecule has 0 bridgehead atoms. The summed E-state index contributed by atoms with van der Waals surface area (Å²) in [6.07, 6.45) is 8.52. The quantitative estimate of drug-likeness (QED) is 0.852. The average molecular weight is 303 g/mol. The number of hydrogen-bond acceptors (Lipinski definition) is 5. The van der Waals surface area contributed by atoms with Gasteiger partial charge in [-0.15, -0.1) is 0 Å². The molecule has 2 fully saturated rings. The van der Waals surface area contributed by atoms with Crippen molar-refractivity contribution in [1.82, 2.24) is 14.9 Å². The van der Waals surface area contributed by atoms with E-state index in [0.29, 0.717) is 0 Å². The second-order valence-electron chi connectivity index (χ2n) is 6.94. The van der Waals surface area contributed by atoms with E-state index < -0.39 is 0 Å². The molecule has 5 nitrogen and oxygen atoms in total. The van der Waals surface area contributed by atoms with Crippen LogP contribution < -0.4 is 9.80 Å². The van der Waals surface area contributed by atoms with Crippen LogP contribution in [0.25, 0.3) is 0 Å². The first-order chi connectivity index (χ1) is 10.7. The maximum Gasteiger partial charge on any atom is 0.134 e. The van der Waals surface area contributed by atoms with Gasteiger partial charge in [0.1, 0.15) is 18.0 Å². The van der Waals surface area contributed by atoms with Crippen LogP contribution in [0.15, 0.2) is 12.4 Å². The third kappa shape index (κ3) is 3.88. The average Bonchev–Trinajstić information content (AvgIpc) is 2.56. The molecule has 122 valence electrons. The van der Waals surface area contributed by atoms with E-state index in [1.807, 2.05) is 19.0 Å². The minimum Gasteiger partial charge on any atom is -0.363 e. The van der Waals surface area contributed by atoms with Crippen LogP contribution >= 0.6 is 0 Å². The number of piperidine rings is 2. The highest BCUT2D eigenvalue weighted by Crippen LogP contribution is 2.24. The van der Waals surface area contributed by atoms with Crippen LogP contribution in [0.5, 0.6) is 0 Å². The van der Waals surface area contributed by atoms with E-state index in [2.05, 4.69) is 25.8 Å². The Kier molecular flexibility index (Phi) is 5.13. The van der Waals surface area contributed by atoms with Gasteiger partial charge in [0, 0.05) is 39.8 Å². The van der Waals surface area contributed by atoms with E-state index in [-0.39, 0.29) is 0 Å². The smallest absolute Gasteiger partial charge is 0.134 e. The second-order valence-corrected chi connectivity index (χ2v) is 6.94. The number of aromatic nitrogens is 2. The zero-order valence-electron chi connectivity index (χ0n) is 14.0. The Labute approximate surface area is 134 Å². The summed E-state index contributed by atoms with van der Waals surface area (Å²) in [5.41, 5.74) is 0. The van der Waals surface area contributed by atoms with E-state index in [9.17, 15) is 0 Å². The van der Waals surface area contributed by atoms with E-state index in [1.54, 1.807) is 6.33 Å². The maximum atomic E-state index is 4.50. The van der Waals surface area contributed by atoms with Crippen molar-refractivity contribution in [2.24, 2.45) is 5.92 Å². The van der Waals surface area contributed by atoms with Crippen LogP contribution in [0.3, 0.4) is 0 Å². The largest absolute Gasteiger partial charge is 0.363 e. The summed E-state index contributed by atoms with van der Waals surface area (Å²) >= 11 is 0. The van der Waals surface area contributed by atoms with Gasteiger partial charge in [0.15, 0.2) is 0 Å². The van der Waals surface area contributed by atoms with Crippen molar-refractivity contribution in [1.29, 1.82) is 0 Å². The van der Waals surface area contributed by atoms with Gasteiger partial charge in [0.05, 0.1) is 0 Å². The van der Waals surface area contributed by atoms with E-state index >= 15 is 0 Å². The van der Waals surface area contributed by atoms with Crippen LogP contribution in [0, 0.1) is 5.92 Å². The van der Waals surface area contributed by atoms with Crippen LogP contribution in [0.4, 0.5) is 11.6 Å². The zero-order chi connectivity index (χ0) is 15.4. The fraction of sp³-hybridized carbons (Fsp3) is 0.765. The summed E-state index contributed by atoms with van der Waals surface area (Å²) in [5.74, 6) is 2.86. The number of anilines is 2. The van der Waals surface area contributed by atoms with Gasteiger partial charge >= 0.3 is 0 Å². The predicted molar refractivity (Wildman–Crippen MR) is 91.6 cm³/mol. The van der Waals surface area contributed by atoms with Crippen LogP contribution in [0.1, 0.15) is 32.1 Å². The van der Waals surface area contributed by atoms with Crippen molar-refractivity contribution < 1.29 is 0 Å². The molecule has 1 aromatic rings. The molecule has 1 unspecified atom stereocenters. The Morgan fingerprint density at radius 2 is 1.91 bits per heavy atom. The van der Waals surface area contributed by atoms with Crippen molar-refractivity contribution in [2.75, 3.05) is 56.6 Å². The summed E-state index contributed by atoms with van der Waals surface area (Å²) in [4.78, 5) is 16.0. The Morgan fingerprint density at radius 1 is 1.09 bits per heavy atom. The van der Waals surface area contributed by atoms with E-state index in [1.165, 1.54) is 51.7 Å². The van der Waals surface area contributed by atoms with E-state index in [0.717, 1.165) is 30.6 Å². The molecule has 0 amide bonds. The Morgan fingerprint density at radius 3 is 2.68 bits per heavy atom. The van der Waals surface area contributed by atoms with Crippen molar-refractivity contribution in [2.45, 2.75) is 32.1 Å². The molecular formula is C17H29N5. The molecule has 0 aromatic carbocycles. The molecule has 22 heavy (non-hydrogen) atoms. The van der Waals surface area contributed by atoms with Crippen molar-refractivity contribution >= 4 is 11.6 Å². The molecule has 0 N–H and O–H groups in total. The SMILES string of the molecule is CN(C)c1cc(N2CCCC(CN3CCCCC3)C2)ncn1. The van der Waals surface area contributed by atoms with Gasteiger partial charge < -0.3 is 14.7 Å². The third-order valence-corrected chi connectivity index (χ3v) is 4.90. The Hall–Kier alpha value is -1.36. The molecule has 1 aromatic heterocycles. The highest BCUT2D eigenvalue weighted by molar-refractivity contribution is 5.49. The van der Waals surface area contributed by atoms with Crippen LogP contribution in [0.2, 0.25) is 0 Å². The van der Waals surface area contributed by atoms with Gasteiger partial charge in [-0.2, -0.15) is 0 Å². The molecule has 0 spiro atoms.